The van der Waals surface area contributed by atoms with Crippen molar-refractivity contribution in [2.24, 2.45) is 0 Å². The maximum Gasteiger partial charge on any atom is 0.0423 e. The van der Waals surface area contributed by atoms with Crippen LogP contribution in [-0.4, -0.2) is 0 Å². The Morgan fingerprint density at radius 1 is 0.700 bits per heavy atom. The highest BCUT2D eigenvalue weighted by molar-refractivity contribution is 7.39. The first kappa shape index (κ1) is 13.6. The van der Waals surface area contributed by atoms with Crippen LogP contribution in [0.15, 0.2) is 60.7 Å². The average Bonchev–Trinajstić information content (AvgIpc) is 2.47. The fourth-order valence-electron chi connectivity index (χ4n) is 2.37. The van der Waals surface area contributed by atoms with Gasteiger partial charge in [0.2, 0.25) is 0 Å². The molecule has 0 spiro atoms. The van der Waals surface area contributed by atoms with E-state index in [9.17, 15) is 0 Å². The molecular weight excluding hydrogens is 280 g/mol. The molecule has 0 amide bonds. The normalized spacial score (nSPS) is 10.8. The van der Waals surface area contributed by atoms with E-state index in [0.717, 1.165) is 5.69 Å². The summed E-state index contributed by atoms with van der Waals surface area (Å²) in [4.78, 5) is 0. The lowest BCUT2D eigenvalue weighted by molar-refractivity contribution is 1.50. The van der Waals surface area contributed by atoms with Crippen molar-refractivity contribution < 1.29 is 0 Å². The van der Waals surface area contributed by atoms with Gasteiger partial charge in [-0.05, 0) is 65.8 Å². The fraction of sp³-hybridized carbons (Fsp3) is 0.0588. The first-order valence-electron chi connectivity index (χ1n) is 6.54. The minimum atomic E-state index is 1.15. The molecule has 3 aromatic rings. The quantitative estimate of drug-likeness (QED) is 0.587. The largest absolute Gasteiger partial charge is 0.341 e. The summed E-state index contributed by atoms with van der Waals surface area (Å²) in [5.74, 6) is 0. The summed E-state index contributed by atoms with van der Waals surface area (Å²) in [6.45, 7) is 2.13. The number of fused-ring (bicyclic) bond motifs is 1. The second-order valence-corrected chi connectivity index (χ2v) is 6.73. The first-order valence-corrected chi connectivity index (χ1v) is 7.57. The third-order valence-electron chi connectivity index (χ3n) is 3.49. The predicted octanol–water partition coefficient (Wildman–Crippen LogP) is 5.20. The second-order valence-electron chi connectivity index (χ2n) is 5.02. The maximum atomic E-state index is 2.64. The van der Waals surface area contributed by atoms with Crippen molar-refractivity contribution in [1.29, 1.82) is 0 Å². The summed E-state index contributed by atoms with van der Waals surface area (Å²) in [5, 5.41) is 2.59. The minimum absolute atomic E-state index is 1.15. The van der Waals surface area contributed by atoms with Gasteiger partial charge >= 0.3 is 0 Å². The van der Waals surface area contributed by atoms with Crippen molar-refractivity contribution >= 4 is 35.2 Å². The average molecular weight is 297 g/mol. The van der Waals surface area contributed by atoms with Gasteiger partial charge in [0, 0.05) is 5.69 Å². The van der Waals surface area contributed by atoms with Crippen LogP contribution in [0.3, 0.4) is 0 Å². The summed E-state index contributed by atoms with van der Waals surface area (Å²) < 4.78 is 1.95. The van der Waals surface area contributed by atoms with E-state index < -0.39 is 0 Å². The van der Waals surface area contributed by atoms with E-state index in [4.69, 9.17) is 0 Å². The van der Waals surface area contributed by atoms with E-state index >= 15 is 0 Å². The van der Waals surface area contributed by atoms with Crippen LogP contribution >= 0.6 is 18.8 Å². The lowest BCUT2D eigenvalue weighted by atomic mass is 10.00. The molecule has 0 N–H and O–H groups in total. The molecule has 0 fully saturated rings. The Labute approximate surface area is 124 Å². The van der Waals surface area contributed by atoms with Crippen LogP contribution in [0.5, 0.6) is 0 Å². The molecule has 3 aromatic carbocycles. The second kappa shape index (κ2) is 5.52. The van der Waals surface area contributed by atoms with E-state index in [2.05, 4.69) is 86.4 Å². The molecule has 3 rings (SSSR count). The van der Waals surface area contributed by atoms with Crippen LogP contribution in [0.1, 0.15) is 5.56 Å². The molecule has 0 saturated carbocycles. The van der Waals surface area contributed by atoms with Crippen molar-refractivity contribution in [3.8, 4) is 11.1 Å². The van der Waals surface area contributed by atoms with E-state index in [1.54, 1.807) is 0 Å². The van der Waals surface area contributed by atoms with Crippen LogP contribution < -0.4 is 4.44 Å². The van der Waals surface area contributed by atoms with Crippen molar-refractivity contribution in [3.05, 3.63) is 66.2 Å². The van der Waals surface area contributed by atoms with Crippen molar-refractivity contribution in [2.45, 2.75) is 6.92 Å². The molecule has 100 valence electrons. The first-order chi connectivity index (χ1) is 9.63. The fourth-order valence-corrected chi connectivity index (χ4v) is 2.71. The van der Waals surface area contributed by atoms with E-state index in [0.29, 0.717) is 0 Å². The number of hydrogen-bond acceptors (Lipinski definition) is 1. The lowest BCUT2D eigenvalue weighted by Crippen LogP contribution is -1.89. The molecule has 0 bridgehead atoms. The van der Waals surface area contributed by atoms with Gasteiger partial charge in [-0.15, -0.1) is 0 Å². The molecule has 3 heteroatoms. The maximum absolute atomic E-state index is 2.64. The smallest absolute Gasteiger partial charge is 0.0423 e. The SMILES string of the molecule is Cc1ccc2cc(-c3ccc(N(P)P)cc3)ccc2c1. The Bertz CT molecular complexity index is 749. The van der Waals surface area contributed by atoms with E-state index in [-0.39, 0.29) is 0 Å². The van der Waals surface area contributed by atoms with Gasteiger partial charge in [0.1, 0.15) is 0 Å². The van der Waals surface area contributed by atoms with Crippen molar-refractivity contribution in [3.63, 3.8) is 0 Å². The summed E-state index contributed by atoms with van der Waals surface area (Å²) in [6, 6.07) is 21.8. The van der Waals surface area contributed by atoms with Crippen LogP contribution in [-0.2, 0) is 0 Å². The third kappa shape index (κ3) is 2.70. The molecule has 0 saturated heterocycles. The van der Waals surface area contributed by atoms with Crippen molar-refractivity contribution in [2.75, 3.05) is 4.44 Å². The number of benzene rings is 3. The highest BCUT2D eigenvalue weighted by Crippen LogP contribution is 2.28. The zero-order chi connectivity index (χ0) is 14.1. The topological polar surface area (TPSA) is 3.24 Å². The van der Waals surface area contributed by atoms with E-state index in [1.165, 1.54) is 27.5 Å². The molecule has 0 aliphatic rings. The molecule has 0 radical (unpaired) electrons. The van der Waals surface area contributed by atoms with Gasteiger partial charge in [0.15, 0.2) is 0 Å². The molecule has 2 atom stereocenters. The van der Waals surface area contributed by atoms with Gasteiger partial charge in [-0.1, -0.05) is 48.0 Å². The Morgan fingerprint density at radius 2 is 1.30 bits per heavy atom. The third-order valence-corrected chi connectivity index (χ3v) is 4.09. The van der Waals surface area contributed by atoms with Crippen molar-refractivity contribution in [1.82, 2.24) is 0 Å². The Hall–Kier alpha value is -1.42. The Balaban J connectivity index is 2.03. The van der Waals surface area contributed by atoms with Crippen LogP contribution in [0.4, 0.5) is 5.69 Å². The number of aryl methyl sites for hydroxylation is 1. The summed E-state index contributed by atoms with van der Waals surface area (Å²) in [6.07, 6.45) is 0. The van der Waals surface area contributed by atoms with Gasteiger partial charge < -0.3 is 4.44 Å². The van der Waals surface area contributed by atoms with E-state index in [1.807, 2.05) is 4.44 Å². The molecular formula is C17H17NP2. The predicted molar refractivity (Wildman–Crippen MR) is 96.0 cm³/mol. The number of nitrogens with zero attached hydrogens (tertiary/aromatic N) is 1. The molecule has 1 nitrogen and oxygen atoms in total. The standard InChI is InChI=1S/C17H17NP2/c1-12-2-3-16-11-15(5-4-14(16)10-12)13-6-8-17(9-7-13)18(19)20/h2-11H,19-20H2,1H3. The van der Waals surface area contributed by atoms with Crippen LogP contribution in [0.2, 0.25) is 0 Å². The van der Waals surface area contributed by atoms with Gasteiger partial charge in [-0.2, -0.15) is 0 Å². The molecule has 0 aromatic heterocycles. The zero-order valence-corrected chi connectivity index (χ0v) is 13.7. The van der Waals surface area contributed by atoms with Gasteiger partial charge in [0.25, 0.3) is 0 Å². The monoisotopic (exact) mass is 297 g/mol. The summed E-state index contributed by atoms with van der Waals surface area (Å²) >= 11 is 0. The number of rotatable bonds is 2. The highest BCUT2D eigenvalue weighted by atomic mass is 31.1. The summed E-state index contributed by atoms with van der Waals surface area (Å²) in [7, 11) is 5.27. The van der Waals surface area contributed by atoms with Crippen LogP contribution in [0.25, 0.3) is 21.9 Å². The molecule has 0 aliphatic carbocycles. The highest BCUT2D eigenvalue weighted by Gasteiger charge is 2.01. The van der Waals surface area contributed by atoms with Gasteiger partial charge in [-0.3, -0.25) is 0 Å². The molecule has 20 heavy (non-hydrogen) atoms. The zero-order valence-electron chi connectivity index (χ0n) is 11.4. The Kier molecular flexibility index (Phi) is 3.74. The molecule has 0 heterocycles. The Morgan fingerprint density at radius 3 is 2.00 bits per heavy atom. The molecule has 2 unspecified atom stereocenters. The minimum Gasteiger partial charge on any atom is -0.341 e. The van der Waals surface area contributed by atoms with Crippen LogP contribution in [0, 0.1) is 6.92 Å². The number of hydrogen-bond donors (Lipinski definition) is 0. The van der Waals surface area contributed by atoms with Gasteiger partial charge in [0.05, 0.1) is 0 Å². The lowest BCUT2D eigenvalue weighted by Gasteiger charge is -2.12. The molecule has 0 aliphatic heterocycles. The summed E-state index contributed by atoms with van der Waals surface area (Å²) in [5.41, 5.74) is 4.95. The number of anilines is 1. The van der Waals surface area contributed by atoms with Gasteiger partial charge in [-0.25, -0.2) is 0 Å².